The third-order valence-corrected chi connectivity index (χ3v) is 6.18. The van der Waals surface area contributed by atoms with E-state index in [2.05, 4.69) is 37.8 Å². The Kier molecular flexibility index (Phi) is 3.56. The zero-order chi connectivity index (χ0) is 14.4. The number of hydrogen-bond donors (Lipinski definition) is 2. The molecule has 5 nitrogen and oxygen atoms in total. The fourth-order valence-corrected chi connectivity index (χ4v) is 4.80. The van der Waals surface area contributed by atoms with Gasteiger partial charge in [0.2, 0.25) is 10.0 Å². The Morgan fingerprint density at radius 3 is 2.70 bits per heavy atom. The normalized spacial score (nSPS) is 24.1. The number of rotatable bonds is 1. The van der Waals surface area contributed by atoms with E-state index in [-0.39, 0.29) is 0 Å². The van der Waals surface area contributed by atoms with Crippen LogP contribution in [-0.4, -0.2) is 38.6 Å². The number of likely N-dealkylation sites (tertiary alicyclic amines) is 1. The Morgan fingerprint density at radius 2 is 2.05 bits per heavy atom. The van der Waals surface area contributed by atoms with Gasteiger partial charge in [-0.3, -0.25) is 0 Å². The minimum absolute atomic E-state index is 0.323. The molecule has 0 radical (unpaired) electrons. The number of nitrogens with zero attached hydrogens (tertiary/aromatic N) is 1. The predicted molar refractivity (Wildman–Crippen MR) is 82.2 cm³/mol. The van der Waals surface area contributed by atoms with Crippen molar-refractivity contribution in [3.8, 4) is 0 Å². The van der Waals surface area contributed by atoms with E-state index in [9.17, 15) is 8.42 Å². The van der Waals surface area contributed by atoms with Gasteiger partial charge in [-0.05, 0) is 37.6 Å². The van der Waals surface area contributed by atoms with Crippen molar-refractivity contribution >= 4 is 31.6 Å². The first kappa shape index (κ1) is 14.3. The van der Waals surface area contributed by atoms with E-state index in [1.54, 1.807) is 12.1 Å². The Balaban J connectivity index is 1.95. The second kappa shape index (κ2) is 4.98. The lowest BCUT2D eigenvalue weighted by Gasteiger charge is -2.45. The lowest BCUT2D eigenvalue weighted by atomic mass is 9.97. The second-order valence-electron chi connectivity index (χ2n) is 5.39. The Morgan fingerprint density at radius 1 is 1.35 bits per heavy atom. The van der Waals surface area contributed by atoms with Crippen LogP contribution in [0.25, 0.3) is 0 Å². The molecule has 2 aliphatic rings. The van der Waals surface area contributed by atoms with Crippen molar-refractivity contribution in [3.63, 3.8) is 0 Å². The summed E-state index contributed by atoms with van der Waals surface area (Å²) in [5.74, 6) is 0. The Labute approximate surface area is 127 Å². The van der Waals surface area contributed by atoms with E-state index in [0.717, 1.165) is 36.9 Å². The van der Waals surface area contributed by atoms with Crippen LogP contribution < -0.4 is 10.0 Å². The number of halogens is 1. The van der Waals surface area contributed by atoms with Gasteiger partial charge < -0.3 is 10.2 Å². The molecule has 1 fully saturated rings. The average Bonchev–Trinajstić information content (AvgIpc) is 2.38. The molecule has 20 heavy (non-hydrogen) atoms. The predicted octanol–water partition coefficient (Wildman–Crippen LogP) is 1.96. The van der Waals surface area contributed by atoms with Crippen LogP contribution >= 0.6 is 15.9 Å². The summed E-state index contributed by atoms with van der Waals surface area (Å²) in [5, 5.41) is 3.41. The van der Waals surface area contributed by atoms with Crippen LogP contribution in [0.1, 0.15) is 19.8 Å². The number of sulfonamides is 1. The van der Waals surface area contributed by atoms with Crippen LogP contribution in [0.2, 0.25) is 0 Å². The van der Waals surface area contributed by atoms with Gasteiger partial charge in [0, 0.05) is 17.6 Å². The van der Waals surface area contributed by atoms with E-state index in [1.165, 1.54) is 0 Å². The maximum absolute atomic E-state index is 12.4. The third-order valence-electron chi connectivity index (χ3n) is 4.09. The summed E-state index contributed by atoms with van der Waals surface area (Å²) in [5.41, 5.74) is 0.140. The van der Waals surface area contributed by atoms with Crippen LogP contribution in [0.15, 0.2) is 27.6 Å². The van der Waals surface area contributed by atoms with Crippen LogP contribution in [0.5, 0.6) is 0 Å². The summed E-state index contributed by atoms with van der Waals surface area (Å²) in [6.45, 7) is 4.93. The molecule has 0 saturated carbocycles. The molecule has 110 valence electrons. The standard InChI is InChI=1S/C13H18BrN3O2S/c1-2-17-7-5-13(6-8-17)15-11-9-10(14)3-4-12(11)20(18,19)16-13/h3-4,9,15-16H,2,5-8H2,1H3. The van der Waals surface area contributed by atoms with Crippen molar-refractivity contribution in [1.29, 1.82) is 0 Å². The molecular formula is C13H18BrN3O2S. The second-order valence-corrected chi connectivity index (χ2v) is 7.95. The molecule has 0 bridgehead atoms. The lowest BCUT2D eigenvalue weighted by Crippen LogP contribution is -2.61. The molecule has 2 N–H and O–H groups in total. The van der Waals surface area contributed by atoms with Gasteiger partial charge in [-0.2, -0.15) is 4.72 Å². The van der Waals surface area contributed by atoms with Crippen molar-refractivity contribution in [2.24, 2.45) is 0 Å². The average molecular weight is 360 g/mol. The number of benzene rings is 1. The quantitative estimate of drug-likeness (QED) is 0.804. The van der Waals surface area contributed by atoms with E-state index in [0.29, 0.717) is 10.6 Å². The first-order valence-corrected chi connectivity index (χ1v) is 9.06. The fourth-order valence-electron chi connectivity index (χ4n) is 2.91. The maximum atomic E-state index is 12.4. The monoisotopic (exact) mass is 359 g/mol. The minimum atomic E-state index is -3.44. The van der Waals surface area contributed by atoms with Gasteiger partial charge in [0.15, 0.2) is 0 Å². The highest BCUT2D eigenvalue weighted by Gasteiger charge is 2.42. The molecule has 7 heteroatoms. The molecule has 1 aromatic carbocycles. The first-order chi connectivity index (χ1) is 9.44. The van der Waals surface area contributed by atoms with Gasteiger partial charge in [-0.1, -0.05) is 22.9 Å². The lowest BCUT2D eigenvalue weighted by molar-refractivity contribution is 0.172. The van der Waals surface area contributed by atoms with Crippen LogP contribution in [0, 0.1) is 0 Å². The van der Waals surface area contributed by atoms with Gasteiger partial charge in [-0.15, -0.1) is 0 Å². The smallest absolute Gasteiger partial charge is 0.244 e. The first-order valence-electron chi connectivity index (χ1n) is 6.78. The molecule has 2 heterocycles. The number of anilines is 1. The van der Waals surface area contributed by atoms with Crippen molar-refractivity contribution in [3.05, 3.63) is 22.7 Å². The zero-order valence-corrected chi connectivity index (χ0v) is 13.7. The van der Waals surface area contributed by atoms with E-state index in [1.807, 2.05) is 6.07 Å². The van der Waals surface area contributed by atoms with Gasteiger partial charge in [-0.25, -0.2) is 8.42 Å². The number of nitrogens with one attached hydrogen (secondary N) is 2. The van der Waals surface area contributed by atoms with Crippen LogP contribution in [-0.2, 0) is 10.0 Å². The molecule has 1 aromatic rings. The van der Waals surface area contributed by atoms with Gasteiger partial charge >= 0.3 is 0 Å². The summed E-state index contributed by atoms with van der Waals surface area (Å²) in [6, 6.07) is 5.21. The molecule has 1 spiro atoms. The topological polar surface area (TPSA) is 61.4 Å². The molecule has 2 aliphatic heterocycles. The summed E-state index contributed by atoms with van der Waals surface area (Å²) < 4.78 is 28.6. The summed E-state index contributed by atoms with van der Waals surface area (Å²) in [6.07, 6.45) is 1.54. The van der Waals surface area contributed by atoms with E-state index < -0.39 is 15.7 Å². The SMILES string of the molecule is CCN1CCC2(CC1)Nc1cc(Br)ccc1S(=O)(=O)N2. The van der Waals surface area contributed by atoms with Crippen molar-refractivity contribution in [2.45, 2.75) is 30.3 Å². The highest BCUT2D eigenvalue weighted by molar-refractivity contribution is 9.10. The Bertz CT molecular complexity index is 625. The summed E-state index contributed by atoms with van der Waals surface area (Å²) >= 11 is 3.40. The van der Waals surface area contributed by atoms with Gasteiger partial charge in [0.25, 0.3) is 0 Å². The molecule has 3 rings (SSSR count). The summed E-state index contributed by atoms with van der Waals surface area (Å²) in [7, 11) is -3.44. The number of piperidine rings is 1. The number of fused-ring (bicyclic) bond motifs is 1. The highest BCUT2D eigenvalue weighted by atomic mass is 79.9. The van der Waals surface area contributed by atoms with Crippen LogP contribution in [0.3, 0.4) is 0 Å². The molecule has 0 amide bonds. The maximum Gasteiger partial charge on any atom is 0.244 e. The minimum Gasteiger partial charge on any atom is -0.365 e. The zero-order valence-electron chi connectivity index (χ0n) is 11.3. The fraction of sp³-hybridized carbons (Fsp3) is 0.538. The molecule has 1 saturated heterocycles. The van der Waals surface area contributed by atoms with Gasteiger partial charge in [0.1, 0.15) is 10.6 Å². The summed E-state index contributed by atoms with van der Waals surface area (Å²) in [4.78, 5) is 2.65. The largest absolute Gasteiger partial charge is 0.365 e. The molecule has 0 aliphatic carbocycles. The number of hydrogen-bond acceptors (Lipinski definition) is 4. The molecule has 0 aromatic heterocycles. The highest BCUT2D eigenvalue weighted by Crippen LogP contribution is 2.36. The van der Waals surface area contributed by atoms with Crippen LogP contribution in [0.4, 0.5) is 5.69 Å². The van der Waals surface area contributed by atoms with Crippen molar-refractivity contribution < 1.29 is 8.42 Å². The molecule has 0 unspecified atom stereocenters. The van der Waals surface area contributed by atoms with Crippen molar-refractivity contribution in [1.82, 2.24) is 9.62 Å². The van der Waals surface area contributed by atoms with Gasteiger partial charge in [0.05, 0.1) is 5.69 Å². The van der Waals surface area contributed by atoms with E-state index >= 15 is 0 Å². The van der Waals surface area contributed by atoms with Crippen molar-refractivity contribution in [2.75, 3.05) is 25.0 Å². The van der Waals surface area contributed by atoms with E-state index in [4.69, 9.17) is 0 Å². The molecular weight excluding hydrogens is 342 g/mol. The Hall–Kier alpha value is -0.630. The molecule has 0 atom stereocenters. The third kappa shape index (κ3) is 2.47.